The molecule has 2 heterocycles. The minimum atomic E-state index is 0. The molecular formula is C13H13ClN2S. The van der Waals surface area contributed by atoms with Crippen LogP contribution in [0.25, 0.3) is 5.70 Å². The SMILES string of the molecule is Cl.NC1=CN(c2ccccc2)Cc2sccc21. The zero-order valence-electron chi connectivity index (χ0n) is 9.17. The summed E-state index contributed by atoms with van der Waals surface area (Å²) in [7, 11) is 0. The number of halogens is 1. The van der Waals surface area contributed by atoms with E-state index in [0.29, 0.717) is 0 Å². The van der Waals surface area contributed by atoms with Gasteiger partial charge in [0.15, 0.2) is 0 Å². The molecule has 2 nitrogen and oxygen atoms in total. The van der Waals surface area contributed by atoms with Gasteiger partial charge >= 0.3 is 0 Å². The first-order valence-electron chi connectivity index (χ1n) is 5.20. The van der Waals surface area contributed by atoms with Crippen LogP contribution in [0.2, 0.25) is 0 Å². The lowest BCUT2D eigenvalue weighted by Gasteiger charge is -2.25. The number of nitrogens with two attached hydrogens (primary N) is 1. The Kier molecular flexibility index (Phi) is 3.41. The number of thiophene rings is 1. The highest BCUT2D eigenvalue weighted by Gasteiger charge is 2.17. The first kappa shape index (κ1) is 12.0. The molecule has 0 unspecified atom stereocenters. The summed E-state index contributed by atoms with van der Waals surface area (Å²) in [6.45, 7) is 0.914. The van der Waals surface area contributed by atoms with E-state index in [1.165, 1.54) is 16.1 Å². The second-order valence-corrected chi connectivity index (χ2v) is 4.81. The van der Waals surface area contributed by atoms with Gasteiger partial charge in [0.1, 0.15) is 0 Å². The number of nitrogens with zero attached hydrogens (tertiary/aromatic N) is 1. The smallest absolute Gasteiger partial charge is 0.0576 e. The highest BCUT2D eigenvalue weighted by molar-refractivity contribution is 7.10. The molecular weight excluding hydrogens is 252 g/mol. The van der Waals surface area contributed by atoms with Crippen molar-refractivity contribution in [1.82, 2.24) is 0 Å². The van der Waals surface area contributed by atoms with Gasteiger partial charge in [0.05, 0.1) is 12.2 Å². The molecule has 0 saturated heterocycles. The largest absolute Gasteiger partial charge is 0.397 e. The van der Waals surface area contributed by atoms with E-state index in [4.69, 9.17) is 5.73 Å². The lowest BCUT2D eigenvalue weighted by Crippen LogP contribution is -2.21. The highest BCUT2D eigenvalue weighted by Crippen LogP contribution is 2.30. The minimum Gasteiger partial charge on any atom is -0.397 e. The number of fused-ring (bicyclic) bond motifs is 1. The maximum Gasteiger partial charge on any atom is 0.0576 e. The van der Waals surface area contributed by atoms with E-state index in [1.54, 1.807) is 11.3 Å². The molecule has 0 saturated carbocycles. The Labute approximate surface area is 111 Å². The number of hydrogen-bond donors (Lipinski definition) is 1. The van der Waals surface area contributed by atoms with Crippen molar-refractivity contribution in [2.45, 2.75) is 6.54 Å². The van der Waals surface area contributed by atoms with E-state index in [9.17, 15) is 0 Å². The molecule has 1 aliphatic rings. The van der Waals surface area contributed by atoms with E-state index in [1.807, 2.05) is 24.4 Å². The van der Waals surface area contributed by atoms with E-state index in [0.717, 1.165) is 12.2 Å². The van der Waals surface area contributed by atoms with Crippen molar-refractivity contribution in [3.63, 3.8) is 0 Å². The Morgan fingerprint density at radius 3 is 2.65 bits per heavy atom. The molecule has 1 aliphatic heterocycles. The van der Waals surface area contributed by atoms with Crippen LogP contribution in [0, 0.1) is 0 Å². The van der Waals surface area contributed by atoms with Crippen LogP contribution in [-0.2, 0) is 6.54 Å². The summed E-state index contributed by atoms with van der Waals surface area (Å²) >= 11 is 1.77. The van der Waals surface area contributed by atoms with E-state index < -0.39 is 0 Å². The van der Waals surface area contributed by atoms with Crippen LogP contribution in [0.15, 0.2) is 48.0 Å². The predicted molar refractivity (Wildman–Crippen MR) is 76.4 cm³/mol. The number of rotatable bonds is 1. The molecule has 1 aromatic heterocycles. The first-order chi connectivity index (χ1) is 7.84. The van der Waals surface area contributed by atoms with Gasteiger partial charge in [-0.25, -0.2) is 0 Å². The highest BCUT2D eigenvalue weighted by atomic mass is 35.5. The number of benzene rings is 1. The molecule has 2 N–H and O–H groups in total. The van der Waals surface area contributed by atoms with E-state index in [2.05, 4.69) is 28.5 Å². The molecule has 17 heavy (non-hydrogen) atoms. The predicted octanol–water partition coefficient (Wildman–Crippen LogP) is 3.45. The van der Waals surface area contributed by atoms with Gasteiger partial charge in [-0.1, -0.05) is 18.2 Å². The summed E-state index contributed by atoms with van der Waals surface area (Å²) in [6, 6.07) is 12.4. The Balaban J connectivity index is 0.00000108. The van der Waals surface area contributed by atoms with Gasteiger partial charge in [0, 0.05) is 22.3 Å². The monoisotopic (exact) mass is 264 g/mol. The molecule has 0 aliphatic carbocycles. The molecule has 0 bridgehead atoms. The van der Waals surface area contributed by atoms with Gasteiger partial charge in [0.2, 0.25) is 0 Å². The fourth-order valence-electron chi connectivity index (χ4n) is 1.94. The molecule has 2 aromatic rings. The van der Waals surface area contributed by atoms with Crippen LogP contribution in [0.4, 0.5) is 5.69 Å². The maximum absolute atomic E-state index is 6.04. The lowest BCUT2D eigenvalue weighted by atomic mass is 10.1. The molecule has 88 valence electrons. The van der Waals surface area contributed by atoms with E-state index in [-0.39, 0.29) is 12.4 Å². The maximum atomic E-state index is 6.04. The summed E-state index contributed by atoms with van der Waals surface area (Å²) in [5.74, 6) is 0. The van der Waals surface area contributed by atoms with Crippen molar-refractivity contribution in [1.29, 1.82) is 0 Å². The topological polar surface area (TPSA) is 29.3 Å². The fourth-order valence-corrected chi connectivity index (χ4v) is 2.84. The van der Waals surface area contributed by atoms with Crippen LogP contribution in [0.1, 0.15) is 10.4 Å². The zero-order valence-corrected chi connectivity index (χ0v) is 10.8. The molecule has 0 atom stereocenters. The van der Waals surface area contributed by atoms with Crippen molar-refractivity contribution in [3.8, 4) is 0 Å². The third kappa shape index (κ3) is 2.16. The second kappa shape index (κ2) is 4.82. The fraction of sp³-hybridized carbons (Fsp3) is 0.0769. The van der Waals surface area contributed by atoms with Gasteiger partial charge in [0.25, 0.3) is 0 Å². The Morgan fingerprint density at radius 1 is 1.12 bits per heavy atom. The summed E-state index contributed by atoms with van der Waals surface area (Å²) in [6.07, 6.45) is 2.02. The molecule has 0 radical (unpaired) electrons. The van der Waals surface area contributed by atoms with Crippen LogP contribution in [0.3, 0.4) is 0 Å². The standard InChI is InChI=1S/C13H12N2S.ClH/c14-12-8-15(10-4-2-1-3-5-10)9-13-11(12)6-7-16-13;/h1-8H,9,14H2;1H. The Bertz CT molecular complexity index is 533. The number of hydrogen-bond acceptors (Lipinski definition) is 3. The van der Waals surface area contributed by atoms with Crippen LogP contribution >= 0.6 is 23.7 Å². The normalized spacial score (nSPS) is 13.6. The summed E-state index contributed by atoms with van der Waals surface area (Å²) in [5.41, 5.74) is 9.27. The molecule has 1 aromatic carbocycles. The van der Waals surface area contributed by atoms with Gasteiger partial charge in [-0.15, -0.1) is 23.7 Å². The van der Waals surface area contributed by atoms with Crippen LogP contribution < -0.4 is 10.6 Å². The zero-order chi connectivity index (χ0) is 11.0. The van der Waals surface area contributed by atoms with Gasteiger partial charge < -0.3 is 10.6 Å². The van der Waals surface area contributed by atoms with E-state index >= 15 is 0 Å². The molecule has 0 fully saturated rings. The Morgan fingerprint density at radius 2 is 1.88 bits per heavy atom. The average Bonchev–Trinajstić information content (AvgIpc) is 2.79. The van der Waals surface area contributed by atoms with Crippen LogP contribution in [0.5, 0.6) is 0 Å². The molecule has 4 heteroatoms. The second-order valence-electron chi connectivity index (χ2n) is 3.81. The Hall–Kier alpha value is -1.45. The summed E-state index contributed by atoms with van der Waals surface area (Å²) < 4.78 is 0. The van der Waals surface area contributed by atoms with Gasteiger partial charge in [-0.3, -0.25) is 0 Å². The van der Waals surface area contributed by atoms with Crippen molar-refractivity contribution in [2.75, 3.05) is 4.90 Å². The quantitative estimate of drug-likeness (QED) is 0.855. The van der Waals surface area contributed by atoms with Crippen molar-refractivity contribution >= 4 is 35.1 Å². The van der Waals surface area contributed by atoms with Gasteiger partial charge in [-0.2, -0.15) is 0 Å². The van der Waals surface area contributed by atoms with Gasteiger partial charge in [-0.05, 0) is 23.6 Å². The average molecular weight is 265 g/mol. The number of para-hydroxylation sites is 1. The summed E-state index contributed by atoms with van der Waals surface area (Å²) in [4.78, 5) is 3.53. The molecule has 3 rings (SSSR count). The van der Waals surface area contributed by atoms with Crippen molar-refractivity contribution in [3.05, 3.63) is 58.4 Å². The number of anilines is 1. The van der Waals surface area contributed by atoms with Crippen molar-refractivity contribution in [2.24, 2.45) is 5.73 Å². The molecule has 0 spiro atoms. The van der Waals surface area contributed by atoms with Crippen LogP contribution in [-0.4, -0.2) is 0 Å². The third-order valence-electron chi connectivity index (χ3n) is 2.75. The molecule has 0 amide bonds. The lowest BCUT2D eigenvalue weighted by molar-refractivity contribution is 0.966. The first-order valence-corrected chi connectivity index (χ1v) is 6.08. The third-order valence-corrected chi connectivity index (χ3v) is 3.66. The minimum absolute atomic E-state index is 0. The van der Waals surface area contributed by atoms with Crippen molar-refractivity contribution < 1.29 is 0 Å². The summed E-state index contributed by atoms with van der Waals surface area (Å²) in [5, 5.41) is 2.10.